The summed E-state index contributed by atoms with van der Waals surface area (Å²) in [5.41, 5.74) is 1.78. The second-order valence-corrected chi connectivity index (χ2v) is 3.13. The molecule has 0 bridgehead atoms. The highest BCUT2D eigenvalue weighted by Gasteiger charge is 2.09. The molecular weight excluding hydrogens is 180 g/mol. The van der Waals surface area contributed by atoms with E-state index in [0.29, 0.717) is 19.6 Å². The summed E-state index contributed by atoms with van der Waals surface area (Å²) in [4.78, 5) is 10.5. The predicted octanol–water partition coefficient (Wildman–Crippen LogP) is 2.31. The van der Waals surface area contributed by atoms with Gasteiger partial charge in [0, 0.05) is 19.6 Å². The highest BCUT2D eigenvalue weighted by Crippen LogP contribution is 2.12. The summed E-state index contributed by atoms with van der Waals surface area (Å²) in [7, 11) is 0. The maximum absolute atomic E-state index is 10.5. The van der Waals surface area contributed by atoms with E-state index in [4.69, 9.17) is 9.47 Å². The molecule has 0 fully saturated rings. The van der Waals surface area contributed by atoms with Gasteiger partial charge in [-0.2, -0.15) is 0 Å². The van der Waals surface area contributed by atoms with Crippen LogP contribution < -0.4 is 0 Å². The quantitative estimate of drug-likeness (QED) is 0.359. The lowest BCUT2D eigenvalue weighted by molar-refractivity contribution is -0.134. The van der Waals surface area contributed by atoms with Crippen LogP contribution in [0.4, 0.5) is 0 Å². The van der Waals surface area contributed by atoms with Crippen molar-refractivity contribution in [3.05, 3.63) is 11.1 Å². The van der Waals surface area contributed by atoms with Crippen LogP contribution in [0.3, 0.4) is 0 Å². The van der Waals surface area contributed by atoms with Gasteiger partial charge in [0.05, 0.1) is 0 Å². The maximum Gasteiger partial charge on any atom is 0.161 e. The molecule has 0 aliphatic rings. The molecule has 0 aromatic heterocycles. The number of allylic oxidation sites excluding steroid dienone is 1. The van der Waals surface area contributed by atoms with Crippen LogP contribution in [0, 0.1) is 0 Å². The van der Waals surface area contributed by atoms with Crippen LogP contribution in [-0.4, -0.2) is 25.8 Å². The largest absolute Gasteiger partial charge is 0.353 e. The van der Waals surface area contributed by atoms with E-state index < -0.39 is 0 Å². The van der Waals surface area contributed by atoms with Gasteiger partial charge in [0.1, 0.15) is 6.29 Å². The summed E-state index contributed by atoms with van der Waals surface area (Å²) in [5, 5.41) is 0. The Hall–Kier alpha value is -0.670. The Balaban J connectivity index is 4.20. The number of aldehydes is 1. The zero-order chi connectivity index (χ0) is 11.0. The van der Waals surface area contributed by atoms with Crippen LogP contribution in [0.2, 0.25) is 0 Å². The first-order valence-electron chi connectivity index (χ1n) is 5.00. The van der Waals surface area contributed by atoms with Crippen molar-refractivity contribution >= 4 is 6.29 Å². The Morgan fingerprint density at radius 2 is 1.71 bits per heavy atom. The molecule has 0 aromatic carbocycles. The molecule has 0 aliphatic heterocycles. The van der Waals surface area contributed by atoms with Gasteiger partial charge in [0.2, 0.25) is 0 Å². The first-order chi connectivity index (χ1) is 6.65. The number of carbonyl (C=O) groups is 1. The molecule has 14 heavy (non-hydrogen) atoms. The fourth-order valence-electron chi connectivity index (χ4n) is 1.05. The Morgan fingerprint density at radius 3 is 2.07 bits per heavy atom. The normalized spacial score (nSPS) is 12.9. The number of carbonyl (C=O) groups excluding carboxylic acids is 1. The van der Waals surface area contributed by atoms with Crippen molar-refractivity contribution in [2.75, 3.05) is 13.2 Å². The molecular formula is C11H20O3. The highest BCUT2D eigenvalue weighted by molar-refractivity contribution is 5.73. The molecule has 0 saturated carbocycles. The van der Waals surface area contributed by atoms with Crippen LogP contribution in [0.15, 0.2) is 11.1 Å². The van der Waals surface area contributed by atoms with Gasteiger partial charge in [0.15, 0.2) is 6.29 Å². The van der Waals surface area contributed by atoms with E-state index in [1.165, 1.54) is 0 Å². The van der Waals surface area contributed by atoms with Gasteiger partial charge >= 0.3 is 0 Å². The van der Waals surface area contributed by atoms with Gasteiger partial charge in [-0.05, 0) is 33.3 Å². The zero-order valence-electron chi connectivity index (χ0n) is 9.50. The fourth-order valence-corrected chi connectivity index (χ4v) is 1.05. The monoisotopic (exact) mass is 200 g/mol. The van der Waals surface area contributed by atoms with E-state index in [1.54, 1.807) is 6.92 Å². The first kappa shape index (κ1) is 13.3. The third-order valence-electron chi connectivity index (χ3n) is 2.03. The molecule has 3 heteroatoms. The molecule has 0 radical (unpaired) electrons. The molecule has 3 nitrogen and oxygen atoms in total. The van der Waals surface area contributed by atoms with Gasteiger partial charge in [-0.1, -0.05) is 5.57 Å². The average molecular weight is 200 g/mol. The Kier molecular flexibility index (Phi) is 7.34. The third-order valence-corrected chi connectivity index (χ3v) is 2.03. The summed E-state index contributed by atoms with van der Waals surface area (Å²) < 4.78 is 10.8. The summed E-state index contributed by atoms with van der Waals surface area (Å²) in [6.45, 7) is 8.83. The van der Waals surface area contributed by atoms with E-state index in [1.807, 2.05) is 20.8 Å². The highest BCUT2D eigenvalue weighted by atomic mass is 16.7. The summed E-state index contributed by atoms with van der Waals surface area (Å²) in [5.74, 6) is 0. The third kappa shape index (κ3) is 5.14. The molecule has 0 amide bonds. The molecule has 0 N–H and O–H groups in total. The second kappa shape index (κ2) is 7.71. The standard InChI is InChI=1S/C11H20O3/c1-5-13-11(14-6-2)7-9(3)10(4)8-12/h8,11H,5-7H2,1-4H3/b10-9+. The van der Waals surface area contributed by atoms with Crippen LogP contribution >= 0.6 is 0 Å². The van der Waals surface area contributed by atoms with Crippen molar-refractivity contribution < 1.29 is 14.3 Å². The van der Waals surface area contributed by atoms with Crippen LogP contribution in [0.1, 0.15) is 34.1 Å². The lowest BCUT2D eigenvalue weighted by atomic mass is 10.1. The lowest BCUT2D eigenvalue weighted by Crippen LogP contribution is -2.18. The minimum atomic E-state index is -0.222. The predicted molar refractivity (Wildman–Crippen MR) is 56.1 cm³/mol. The Labute approximate surface area is 86.1 Å². The van der Waals surface area contributed by atoms with E-state index in [0.717, 1.165) is 17.4 Å². The molecule has 0 aliphatic carbocycles. The topological polar surface area (TPSA) is 35.5 Å². The Morgan fingerprint density at radius 1 is 1.21 bits per heavy atom. The molecule has 0 rings (SSSR count). The van der Waals surface area contributed by atoms with Gasteiger partial charge in [-0.15, -0.1) is 0 Å². The van der Waals surface area contributed by atoms with Gasteiger partial charge in [0.25, 0.3) is 0 Å². The molecule has 0 unspecified atom stereocenters. The van der Waals surface area contributed by atoms with Crippen LogP contribution in [0.25, 0.3) is 0 Å². The van der Waals surface area contributed by atoms with Crippen molar-refractivity contribution in [1.29, 1.82) is 0 Å². The summed E-state index contributed by atoms with van der Waals surface area (Å²) >= 11 is 0. The van der Waals surface area contributed by atoms with Crippen molar-refractivity contribution in [3.63, 3.8) is 0 Å². The molecule has 0 atom stereocenters. The maximum atomic E-state index is 10.5. The molecule has 0 saturated heterocycles. The molecule has 0 heterocycles. The summed E-state index contributed by atoms with van der Waals surface area (Å²) in [6, 6.07) is 0. The van der Waals surface area contributed by atoms with Gasteiger partial charge in [-0.25, -0.2) is 0 Å². The van der Waals surface area contributed by atoms with E-state index in [-0.39, 0.29) is 6.29 Å². The van der Waals surface area contributed by atoms with Crippen LogP contribution in [0.5, 0.6) is 0 Å². The van der Waals surface area contributed by atoms with Crippen LogP contribution in [-0.2, 0) is 14.3 Å². The smallest absolute Gasteiger partial charge is 0.161 e. The van der Waals surface area contributed by atoms with Crippen molar-refractivity contribution in [3.8, 4) is 0 Å². The number of rotatable bonds is 7. The number of hydrogen-bond donors (Lipinski definition) is 0. The van der Waals surface area contributed by atoms with Crippen molar-refractivity contribution in [2.45, 2.75) is 40.4 Å². The fraction of sp³-hybridized carbons (Fsp3) is 0.727. The van der Waals surface area contributed by atoms with Gasteiger partial charge < -0.3 is 9.47 Å². The Bertz CT molecular complexity index is 191. The molecule has 0 spiro atoms. The van der Waals surface area contributed by atoms with Gasteiger partial charge in [-0.3, -0.25) is 4.79 Å². The van der Waals surface area contributed by atoms with E-state index in [2.05, 4.69) is 0 Å². The average Bonchev–Trinajstić information content (AvgIpc) is 2.17. The molecule has 0 aromatic rings. The van der Waals surface area contributed by atoms with Crippen molar-refractivity contribution in [2.24, 2.45) is 0 Å². The van der Waals surface area contributed by atoms with E-state index >= 15 is 0 Å². The molecule has 82 valence electrons. The number of hydrogen-bond acceptors (Lipinski definition) is 3. The lowest BCUT2D eigenvalue weighted by Gasteiger charge is -2.17. The zero-order valence-corrected chi connectivity index (χ0v) is 9.50. The SMILES string of the molecule is CCOC(C/C(C)=C(\C)C=O)OCC. The minimum absolute atomic E-state index is 0.222. The number of ether oxygens (including phenoxy) is 2. The minimum Gasteiger partial charge on any atom is -0.353 e. The second-order valence-electron chi connectivity index (χ2n) is 3.13. The first-order valence-corrected chi connectivity index (χ1v) is 5.00. The summed E-state index contributed by atoms with van der Waals surface area (Å²) in [6.07, 6.45) is 1.30. The van der Waals surface area contributed by atoms with E-state index in [9.17, 15) is 4.79 Å². The van der Waals surface area contributed by atoms with Crippen molar-refractivity contribution in [1.82, 2.24) is 0 Å².